The third-order valence-corrected chi connectivity index (χ3v) is 3.86. The largest absolute Gasteiger partial charge is 0.379 e. The number of alkyl halides is 1. The number of aliphatic imine (C=N–C) groups is 2. The minimum Gasteiger partial charge on any atom is -0.379 e. The number of halogens is 1. The van der Waals surface area contributed by atoms with E-state index in [0.29, 0.717) is 32.3 Å². The molecule has 0 spiro atoms. The summed E-state index contributed by atoms with van der Waals surface area (Å²) in [6.45, 7) is 4.55. The van der Waals surface area contributed by atoms with Crippen LogP contribution in [0.2, 0.25) is 0 Å². The first-order valence-electron chi connectivity index (χ1n) is 7.66. The van der Waals surface area contributed by atoms with Crippen LogP contribution >= 0.6 is 0 Å². The van der Waals surface area contributed by atoms with Crippen LogP contribution < -0.4 is 5.43 Å². The second-order valence-corrected chi connectivity index (χ2v) is 5.46. The molecule has 7 heteroatoms. The molecule has 23 heavy (non-hydrogen) atoms. The molecule has 1 aromatic rings. The van der Waals surface area contributed by atoms with Crippen LogP contribution in [0.3, 0.4) is 0 Å². The molecular weight excluding hydrogens is 297 g/mol. The van der Waals surface area contributed by atoms with Crippen LogP contribution in [0, 0.1) is 6.92 Å². The normalized spacial score (nSPS) is 25.6. The standard InChI is InChI=1S/C16H20FN5O/c1-12-4-2-3-5-13(12)10-19-21-16-18-11-14(17)15(20-16)22-6-8-23-9-7-22/h2-5,10-11,14-15H,6-9H2,1H3,(H,20,21)/b19-10+. The molecular formula is C16H20FN5O. The van der Waals surface area contributed by atoms with Crippen molar-refractivity contribution in [3.8, 4) is 0 Å². The van der Waals surface area contributed by atoms with Crippen molar-refractivity contribution >= 4 is 18.4 Å². The van der Waals surface area contributed by atoms with Gasteiger partial charge in [0, 0.05) is 19.3 Å². The lowest BCUT2D eigenvalue weighted by Gasteiger charge is -2.33. The van der Waals surface area contributed by atoms with Gasteiger partial charge in [0.15, 0.2) is 6.17 Å². The fraction of sp³-hybridized carbons (Fsp3) is 0.438. The molecule has 0 radical (unpaired) electrons. The van der Waals surface area contributed by atoms with Crippen LogP contribution in [-0.4, -0.2) is 61.9 Å². The van der Waals surface area contributed by atoms with E-state index in [0.717, 1.165) is 11.1 Å². The number of morpholine rings is 1. The van der Waals surface area contributed by atoms with Crippen LogP contribution in [0.1, 0.15) is 11.1 Å². The predicted molar refractivity (Wildman–Crippen MR) is 88.9 cm³/mol. The first kappa shape index (κ1) is 15.8. The van der Waals surface area contributed by atoms with Crippen molar-refractivity contribution in [2.75, 3.05) is 26.3 Å². The number of aryl methyl sites for hydroxylation is 1. The van der Waals surface area contributed by atoms with E-state index in [1.807, 2.05) is 36.1 Å². The zero-order valence-corrected chi connectivity index (χ0v) is 13.0. The molecule has 2 atom stereocenters. The van der Waals surface area contributed by atoms with Gasteiger partial charge in [-0.3, -0.25) is 4.90 Å². The topological polar surface area (TPSA) is 61.6 Å². The molecule has 0 aliphatic carbocycles. The van der Waals surface area contributed by atoms with Crippen molar-refractivity contribution in [2.45, 2.75) is 19.3 Å². The molecule has 3 rings (SSSR count). The molecule has 2 aliphatic rings. The highest BCUT2D eigenvalue weighted by atomic mass is 19.1. The van der Waals surface area contributed by atoms with E-state index in [2.05, 4.69) is 20.5 Å². The average molecular weight is 317 g/mol. The molecule has 1 N–H and O–H groups in total. The summed E-state index contributed by atoms with van der Waals surface area (Å²) < 4.78 is 19.3. The maximum Gasteiger partial charge on any atom is 0.240 e. The Bertz CT molecular complexity index is 625. The van der Waals surface area contributed by atoms with Crippen molar-refractivity contribution in [1.29, 1.82) is 0 Å². The average Bonchev–Trinajstić information content (AvgIpc) is 2.59. The number of benzene rings is 1. The minimum atomic E-state index is -1.21. The summed E-state index contributed by atoms with van der Waals surface area (Å²) in [5.41, 5.74) is 4.92. The third-order valence-electron chi connectivity index (χ3n) is 3.86. The van der Waals surface area contributed by atoms with E-state index in [1.54, 1.807) is 6.21 Å². The maximum absolute atomic E-state index is 14.0. The molecule has 2 heterocycles. The smallest absolute Gasteiger partial charge is 0.240 e. The van der Waals surface area contributed by atoms with Crippen molar-refractivity contribution in [3.05, 3.63) is 35.4 Å². The number of hydrazone groups is 1. The highest BCUT2D eigenvalue weighted by molar-refractivity contribution is 5.92. The van der Waals surface area contributed by atoms with Gasteiger partial charge in [-0.25, -0.2) is 19.8 Å². The third kappa shape index (κ3) is 4.00. The van der Waals surface area contributed by atoms with Crippen LogP contribution in [-0.2, 0) is 4.74 Å². The van der Waals surface area contributed by atoms with Crippen molar-refractivity contribution in [3.63, 3.8) is 0 Å². The Morgan fingerprint density at radius 2 is 2.13 bits per heavy atom. The molecule has 2 aliphatic heterocycles. The molecule has 0 amide bonds. The quantitative estimate of drug-likeness (QED) is 0.676. The van der Waals surface area contributed by atoms with Gasteiger partial charge < -0.3 is 4.74 Å². The molecule has 1 saturated heterocycles. The van der Waals surface area contributed by atoms with Crippen molar-refractivity contribution in [1.82, 2.24) is 10.3 Å². The number of guanidine groups is 1. The Balaban J connectivity index is 1.65. The van der Waals surface area contributed by atoms with E-state index >= 15 is 0 Å². The number of ether oxygens (including phenoxy) is 1. The Hall–Kier alpha value is -2.12. The summed E-state index contributed by atoms with van der Waals surface area (Å²) in [7, 11) is 0. The van der Waals surface area contributed by atoms with E-state index in [4.69, 9.17) is 4.74 Å². The summed E-state index contributed by atoms with van der Waals surface area (Å²) in [6.07, 6.45) is 1.21. The molecule has 0 saturated carbocycles. The summed E-state index contributed by atoms with van der Waals surface area (Å²) in [4.78, 5) is 10.3. The van der Waals surface area contributed by atoms with Gasteiger partial charge in [-0.05, 0) is 18.1 Å². The second-order valence-electron chi connectivity index (χ2n) is 5.46. The Morgan fingerprint density at radius 3 is 2.91 bits per heavy atom. The highest BCUT2D eigenvalue weighted by Crippen LogP contribution is 2.14. The van der Waals surface area contributed by atoms with E-state index in [-0.39, 0.29) is 0 Å². The number of hydrogen-bond donors (Lipinski definition) is 1. The summed E-state index contributed by atoms with van der Waals surface area (Å²) in [6, 6.07) is 7.91. The van der Waals surface area contributed by atoms with Gasteiger partial charge in [0.2, 0.25) is 5.96 Å². The van der Waals surface area contributed by atoms with E-state index in [1.165, 1.54) is 6.21 Å². The maximum atomic E-state index is 14.0. The minimum absolute atomic E-state index is 0.320. The number of hydrogen-bond acceptors (Lipinski definition) is 6. The molecule has 6 nitrogen and oxygen atoms in total. The van der Waals surface area contributed by atoms with Gasteiger partial charge >= 0.3 is 0 Å². The SMILES string of the molecule is Cc1ccccc1/C=N/NC1=NC(N2CCOCC2)C(F)C=N1. The van der Waals surface area contributed by atoms with Crippen LogP contribution in [0.15, 0.2) is 39.4 Å². The summed E-state index contributed by atoms with van der Waals surface area (Å²) in [5, 5.41) is 4.15. The van der Waals surface area contributed by atoms with Crippen molar-refractivity contribution in [2.24, 2.45) is 15.1 Å². The summed E-state index contributed by atoms with van der Waals surface area (Å²) >= 11 is 0. The van der Waals surface area contributed by atoms with Gasteiger partial charge in [-0.15, -0.1) is 0 Å². The lowest BCUT2D eigenvalue weighted by Crippen LogP contribution is -2.49. The van der Waals surface area contributed by atoms with Crippen LogP contribution in [0.5, 0.6) is 0 Å². The number of nitrogens with one attached hydrogen (secondary N) is 1. The fourth-order valence-electron chi connectivity index (χ4n) is 2.52. The molecule has 0 aromatic heterocycles. The van der Waals surface area contributed by atoms with Gasteiger partial charge in [-0.1, -0.05) is 24.3 Å². The number of nitrogens with zero attached hydrogens (tertiary/aromatic N) is 4. The Kier molecular flexibility index (Phi) is 5.09. The van der Waals surface area contributed by atoms with Gasteiger partial charge in [0.05, 0.1) is 19.4 Å². The lowest BCUT2D eigenvalue weighted by atomic mass is 10.1. The Morgan fingerprint density at radius 1 is 1.35 bits per heavy atom. The molecule has 1 fully saturated rings. The number of rotatable bonds is 3. The molecule has 0 bridgehead atoms. The fourth-order valence-corrected chi connectivity index (χ4v) is 2.52. The van der Waals surface area contributed by atoms with Crippen LogP contribution in [0.25, 0.3) is 0 Å². The molecule has 2 unspecified atom stereocenters. The monoisotopic (exact) mass is 317 g/mol. The zero-order valence-electron chi connectivity index (χ0n) is 13.0. The van der Waals surface area contributed by atoms with Crippen molar-refractivity contribution < 1.29 is 9.13 Å². The summed E-state index contributed by atoms with van der Waals surface area (Å²) in [5.74, 6) is 0.320. The first-order valence-corrected chi connectivity index (χ1v) is 7.66. The lowest BCUT2D eigenvalue weighted by molar-refractivity contribution is 0.00754. The molecule has 122 valence electrons. The first-order chi connectivity index (χ1) is 11.2. The second kappa shape index (κ2) is 7.43. The predicted octanol–water partition coefficient (Wildman–Crippen LogP) is 1.36. The molecule has 1 aromatic carbocycles. The highest BCUT2D eigenvalue weighted by Gasteiger charge is 2.30. The van der Waals surface area contributed by atoms with Crippen LogP contribution in [0.4, 0.5) is 4.39 Å². The van der Waals surface area contributed by atoms with Gasteiger partial charge in [0.25, 0.3) is 0 Å². The van der Waals surface area contributed by atoms with Gasteiger partial charge in [0.1, 0.15) is 6.17 Å². The zero-order chi connectivity index (χ0) is 16.1. The van der Waals surface area contributed by atoms with E-state index < -0.39 is 12.3 Å². The Labute approximate surface area is 134 Å². The van der Waals surface area contributed by atoms with Gasteiger partial charge in [-0.2, -0.15) is 5.10 Å². The van der Waals surface area contributed by atoms with E-state index in [9.17, 15) is 4.39 Å².